The summed E-state index contributed by atoms with van der Waals surface area (Å²) in [4.78, 5) is 11.6. The number of nitrogens with two attached hydrogens (primary N) is 1. The minimum Gasteiger partial charge on any atom is -0.467 e. The number of carbonyl (C=O) groups excluding carboxylic acids is 1. The molecule has 0 radical (unpaired) electrons. The van der Waals surface area contributed by atoms with E-state index in [9.17, 15) is 4.79 Å². The van der Waals surface area contributed by atoms with Gasteiger partial charge in [0, 0.05) is 12.0 Å². The monoisotopic (exact) mass is 199 g/mol. The van der Waals surface area contributed by atoms with Crippen LogP contribution in [-0.4, -0.2) is 31.8 Å². The summed E-state index contributed by atoms with van der Waals surface area (Å²) < 4.78 is 10.4. The Morgan fingerprint density at radius 1 is 1.43 bits per heavy atom. The first-order chi connectivity index (χ1) is 6.66. The second kappa shape index (κ2) is 3.21. The highest BCUT2D eigenvalue weighted by Gasteiger charge is 2.53. The van der Waals surface area contributed by atoms with E-state index < -0.39 is 5.60 Å². The van der Waals surface area contributed by atoms with Crippen molar-refractivity contribution in [2.75, 3.05) is 20.3 Å². The van der Waals surface area contributed by atoms with Crippen LogP contribution in [0.25, 0.3) is 0 Å². The molecular weight excluding hydrogens is 182 g/mol. The number of ether oxygens (including phenoxy) is 2. The Balaban J connectivity index is 2.12. The van der Waals surface area contributed by atoms with Crippen LogP contribution in [0, 0.1) is 5.41 Å². The van der Waals surface area contributed by atoms with Crippen molar-refractivity contribution in [2.45, 2.75) is 31.3 Å². The Morgan fingerprint density at radius 3 is 2.43 bits per heavy atom. The number of hydrogen-bond acceptors (Lipinski definition) is 4. The third-order valence-electron chi connectivity index (χ3n) is 3.76. The van der Waals surface area contributed by atoms with E-state index in [1.807, 2.05) is 0 Å². The molecule has 0 aromatic rings. The minimum absolute atomic E-state index is 0.135. The van der Waals surface area contributed by atoms with Crippen molar-refractivity contribution in [1.82, 2.24) is 0 Å². The number of hydrogen-bond donors (Lipinski definition) is 1. The van der Waals surface area contributed by atoms with Gasteiger partial charge in [-0.3, -0.25) is 0 Å². The van der Waals surface area contributed by atoms with Gasteiger partial charge in [0.1, 0.15) is 0 Å². The quantitative estimate of drug-likeness (QED) is 0.656. The van der Waals surface area contributed by atoms with E-state index in [0.717, 1.165) is 25.7 Å². The van der Waals surface area contributed by atoms with E-state index in [2.05, 4.69) is 0 Å². The summed E-state index contributed by atoms with van der Waals surface area (Å²) in [5.74, 6) is -0.220. The van der Waals surface area contributed by atoms with Crippen LogP contribution in [0.1, 0.15) is 25.7 Å². The van der Waals surface area contributed by atoms with Crippen LogP contribution in [0.3, 0.4) is 0 Å². The molecule has 3 fully saturated rings. The molecular formula is C10H17NO3. The number of carbonyl (C=O) groups is 1. The molecule has 0 atom stereocenters. The van der Waals surface area contributed by atoms with Crippen LogP contribution in [0.5, 0.6) is 0 Å². The zero-order valence-electron chi connectivity index (χ0n) is 8.54. The van der Waals surface area contributed by atoms with E-state index in [0.29, 0.717) is 13.2 Å². The van der Waals surface area contributed by atoms with Gasteiger partial charge in [-0.1, -0.05) is 0 Å². The summed E-state index contributed by atoms with van der Waals surface area (Å²) in [6, 6.07) is 0. The highest BCUT2D eigenvalue weighted by molar-refractivity contribution is 5.80. The normalized spacial score (nSPS) is 41.0. The maximum absolute atomic E-state index is 11.6. The molecule has 14 heavy (non-hydrogen) atoms. The SMILES string of the molecule is COC(=O)C12CCC(CN)(CC1)CO2. The third-order valence-corrected chi connectivity index (χ3v) is 3.76. The highest BCUT2D eigenvalue weighted by Crippen LogP contribution is 2.48. The van der Waals surface area contributed by atoms with Gasteiger partial charge in [-0.15, -0.1) is 0 Å². The third kappa shape index (κ3) is 1.25. The molecule has 2 bridgehead atoms. The van der Waals surface area contributed by atoms with Crippen molar-refractivity contribution >= 4 is 5.97 Å². The summed E-state index contributed by atoms with van der Waals surface area (Å²) >= 11 is 0. The topological polar surface area (TPSA) is 61.5 Å². The van der Waals surface area contributed by atoms with Crippen LogP contribution in [0.2, 0.25) is 0 Å². The van der Waals surface area contributed by atoms with Gasteiger partial charge in [0.25, 0.3) is 0 Å². The van der Waals surface area contributed by atoms with Gasteiger partial charge in [-0.05, 0) is 25.7 Å². The van der Waals surface area contributed by atoms with Crippen molar-refractivity contribution in [3.05, 3.63) is 0 Å². The van der Waals surface area contributed by atoms with Gasteiger partial charge >= 0.3 is 5.97 Å². The van der Waals surface area contributed by atoms with Crippen LogP contribution >= 0.6 is 0 Å². The first-order valence-corrected chi connectivity index (χ1v) is 5.09. The molecule has 0 aromatic carbocycles. The molecule has 2 N–H and O–H groups in total. The molecule has 4 nitrogen and oxygen atoms in total. The van der Waals surface area contributed by atoms with E-state index in [-0.39, 0.29) is 11.4 Å². The number of rotatable bonds is 2. The second-order valence-electron chi connectivity index (χ2n) is 4.48. The molecule has 2 aliphatic heterocycles. The van der Waals surface area contributed by atoms with Gasteiger partial charge in [0.2, 0.25) is 0 Å². The number of fused-ring (bicyclic) bond motifs is 3. The molecule has 2 saturated heterocycles. The lowest BCUT2D eigenvalue weighted by Crippen LogP contribution is -2.57. The average Bonchev–Trinajstić information content (AvgIpc) is 2.30. The Morgan fingerprint density at radius 2 is 2.07 bits per heavy atom. The van der Waals surface area contributed by atoms with Gasteiger partial charge in [0.05, 0.1) is 13.7 Å². The Hall–Kier alpha value is -0.610. The zero-order valence-corrected chi connectivity index (χ0v) is 8.54. The van der Waals surface area contributed by atoms with Crippen LogP contribution in [0.15, 0.2) is 0 Å². The number of esters is 1. The smallest absolute Gasteiger partial charge is 0.338 e. The van der Waals surface area contributed by atoms with Crippen molar-refractivity contribution < 1.29 is 14.3 Å². The Bertz CT molecular complexity index is 227. The molecule has 2 heterocycles. The lowest BCUT2D eigenvalue weighted by Gasteiger charge is -2.50. The molecule has 0 aromatic heterocycles. The molecule has 3 rings (SSSR count). The van der Waals surface area contributed by atoms with Crippen LogP contribution in [0.4, 0.5) is 0 Å². The predicted octanol–water partition coefficient (Wildman–Crippen LogP) is 0.447. The van der Waals surface area contributed by atoms with Gasteiger partial charge in [0.15, 0.2) is 5.60 Å². The molecule has 0 spiro atoms. The fraction of sp³-hybridized carbons (Fsp3) is 0.900. The molecule has 0 unspecified atom stereocenters. The highest BCUT2D eigenvalue weighted by atomic mass is 16.6. The van der Waals surface area contributed by atoms with Gasteiger partial charge in [-0.2, -0.15) is 0 Å². The molecule has 3 aliphatic rings. The van der Waals surface area contributed by atoms with E-state index in [4.69, 9.17) is 15.2 Å². The standard InChI is InChI=1S/C10H17NO3/c1-13-8(12)10-4-2-9(6-11,3-5-10)7-14-10/h2-7,11H2,1H3. The molecule has 1 saturated carbocycles. The minimum atomic E-state index is -0.647. The van der Waals surface area contributed by atoms with Crippen LogP contribution < -0.4 is 5.73 Å². The Kier molecular flexibility index (Phi) is 2.27. The fourth-order valence-corrected chi connectivity index (χ4v) is 2.48. The summed E-state index contributed by atoms with van der Waals surface area (Å²) in [5, 5.41) is 0. The van der Waals surface area contributed by atoms with Gasteiger partial charge in [-0.25, -0.2) is 4.79 Å². The van der Waals surface area contributed by atoms with Crippen molar-refractivity contribution in [1.29, 1.82) is 0 Å². The van der Waals surface area contributed by atoms with E-state index >= 15 is 0 Å². The molecule has 80 valence electrons. The summed E-state index contributed by atoms with van der Waals surface area (Å²) in [6.45, 7) is 1.27. The zero-order chi connectivity index (χ0) is 10.2. The second-order valence-corrected chi connectivity index (χ2v) is 4.48. The largest absolute Gasteiger partial charge is 0.467 e. The molecule has 0 amide bonds. The fourth-order valence-electron chi connectivity index (χ4n) is 2.48. The summed E-state index contributed by atoms with van der Waals surface area (Å²) in [6.07, 6.45) is 3.49. The van der Waals surface area contributed by atoms with E-state index in [1.165, 1.54) is 7.11 Å². The molecule has 1 aliphatic carbocycles. The predicted molar refractivity (Wildman–Crippen MR) is 50.7 cm³/mol. The lowest BCUT2D eigenvalue weighted by molar-refractivity contribution is -0.208. The van der Waals surface area contributed by atoms with E-state index in [1.54, 1.807) is 0 Å². The van der Waals surface area contributed by atoms with Crippen molar-refractivity contribution in [3.8, 4) is 0 Å². The average molecular weight is 199 g/mol. The first kappa shape index (κ1) is 9.93. The lowest BCUT2D eigenvalue weighted by atomic mass is 9.66. The van der Waals surface area contributed by atoms with Crippen molar-refractivity contribution in [2.24, 2.45) is 11.1 Å². The summed E-state index contributed by atoms with van der Waals surface area (Å²) in [7, 11) is 1.42. The Labute approximate surface area is 83.7 Å². The maximum atomic E-state index is 11.6. The van der Waals surface area contributed by atoms with Crippen LogP contribution in [-0.2, 0) is 14.3 Å². The number of methoxy groups -OCH3 is 1. The van der Waals surface area contributed by atoms with Crippen molar-refractivity contribution in [3.63, 3.8) is 0 Å². The summed E-state index contributed by atoms with van der Waals surface area (Å²) in [5.41, 5.74) is 5.22. The maximum Gasteiger partial charge on any atom is 0.338 e. The first-order valence-electron chi connectivity index (χ1n) is 5.09. The molecule has 4 heteroatoms. The van der Waals surface area contributed by atoms with Gasteiger partial charge < -0.3 is 15.2 Å².